The van der Waals surface area contributed by atoms with Gasteiger partial charge >= 0.3 is 126 Å². The number of hydrogen-bond acceptors (Lipinski definition) is 4. The zero-order chi connectivity index (χ0) is 38.0. The van der Waals surface area contributed by atoms with Crippen LogP contribution in [0, 0.1) is 23.5 Å². The molecule has 0 bridgehead atoms. The molecular formula is C48H50GeIrN4O-2. The third-order valence-electron chi connectivity index (χ3n) is 9.53. The van der Waals surface area contributed by atoms with Crippen molar-refractivity contribution in [3.63, 3.8) is 0 Å². The van der Waals surface area contributed by atoms with Crippen molar-refractivity contribution in [2.24, 2.45) is 11.3 Å². The van der Waals surface area contributed by atoms with Crippen LogP contribution in [0.2, 0.25) is 17.3 Å². The van der Waals surface area contributed by atoms with E-state index < -0.39 is 13.3 Å². The number of hydrogen-bond donors (Lipinski definition) is 0. The van der Waals surface area contributed by atoms with Gasteiger partial charge in [-0.3, -0.25) is 4.98 Å². The molecule has 0 aliphatic heterocycles. The van der Waals surface area contributed by atoms with Crippen molar-refractivity contribution in [3.8, 4) is 22.6 Å². The molecule has 0 unspecified atom stereocenters. The summed E-state index contributed by atoms with van der Waals surface area (Å²) in [6, 6.07) is 44.1. The molecular weight excluding hydrogens is 913 g/mol. The number of pyridine rings is 2. The van der Waals surface area contributed by atoms with Crippen LogP contribution in [0.3, 0.4) is 0 Å². The number of furan rings is 1. The summed E-state index contributed by atoms with van der Waals surface area (Å²) in [7, 11) is 0. The van der Waals surface area contributed by atoms with Crippen LogP contribution in [0.25, 0.3) is 55.7 Å². The molecule has 283 valence electrons. The first-order valence-corrected chi connectivity index (χ1v) is 26.4. The molecule has 0 atom stereocenters. The van der Waals surface area contributed by atoms with Crippen molar-refractivity contribution in [2.45, 2.75) is 71.3 Å². The molecule has 5 nitrogen and oxygen atoms in total. The zero-order valence-corrected chi connectivity index (χ0v) is 37.7. The standard InChI is InChI=1S/C30H26N3O.C18H24GeN.Ir/c1-30(2,3)18-22-14-15-23-24-17-21(13-16-27(24)34-29(23)31-22)28-32-25-11-7-8-12-26(25)33(28)19-20-9-5-4-6-10-20;1-14(2)11-16-12-18(15-9-7-6-8-10-15)20-13-17(16)19(3,4)5;/h4-12,14-17H,18-19H2,1-3H3;6-9,12-14H,11H2,1-5H3;/q2*-1;. The quantitative estimate of drug-likeness (QED) is 0.112. The van der Waals surface area contributed by atoms with Crippen molar-refractivity contribution in [1.82, 2.24) is 19.5 Å². The van der Waals surface area contributed by atoms with E-state index in [9.17, 15) is 0 Å². The van der Waals surface area contributed by atoms with Crippen molar-refractivity contribution >= 4 is 50.8 Å². The van der Waals surface area contributed by atoms with Gasteiger partial charge in [0.1, 0.15) is 0 Å². The molecule has 55 heavy (non-hydrogen) atoms. The molecule has 8 rings (SSSR count). The molecule has 7 heteroatoms. The van der Waals surface area contributed by atoms with Crippen LogP contribution < -0.4 is 4.40 Å². The van der Waals surface area contributed by atoms with E-state index in [0.29, 0.717) is 11.6 Å². The van der Waals surface area contributed by atoms with E-state index >= 15 is 0 Å². The molecule has 0 saturated carbocycles. The summed E-state index contributed by atoms with van der Waals surface area (Å²) in [5.74, 6) is 8.89. The summed E-state index contributed by atoms with van der Waals surface area (Å²) in [5, 5.41) is 2.06. The molecule has 4 aromatic carbocycles. The summed E-state index contributed by atoms with van der Waals surface area (Å²) in [6.07, 6.45) is 4.18. The van der Waals surface area contributed by atoms with Gasteiger partial charge in [-0.2, -0.15) is 0 Å². The molecule has 0 spiro atoms. The summed E-state index contributed by atoms with van der Waals surface area (Å²) in [4.78, 5) is 14.5. The second-order valence-corrected chi connectivity index (χ2v) is 27.5. The smallest absolute Gasteiger partial charge is 0 e. The van der Waals surface area contributed by atoms with Crippen LogP contribution in [-0.4, -0.2) is 32.8 Å². The van der Waals surface area contributed by atoms with Gasteiger partial charge in [-0.15, -0.1) is 23.8 Å². The van der Waals surface area contributed by atoms with Crippen molar-refractivity contribution in [2.75, 3.05) is 0 Å². The van der Waals surface area contributed by atoms with E-state index in [1.807, 2.05) is 36.4 Å². The summed E-state index contributed by atoms with van der Waals surface area (Å²) in [5.41, 5.74) is 10.6. The summed E-state index contributed by atoms with van der Waals surface area (Å²) >= 11 is -1.86. The van der Waals surface area contributed by atoms with Gasteiger partial charge in [-0.1, -0.05) is 68.6 Å². The van der Waals surface area contributed by atoms with Crippen molar-refractivity contribution in [3.05, 3.63) is 144 Å². The van der Waals surface area contributed by atoms with E-state index in [-0.39, 0.29) is 25.5 Å². The Morgan fingerprint density at radius 3 is 2.25 bits per heavy atom. The molecule has 0 amide bonds. The molecule has 1 radical (unpaired) electrons. The Morgan fingerprint density at radius 2 is 1.55 bits per heavy atom. The number of imidazole rings is 1. The Labute approximate surface area is 342 Å². The number of nitrogens with zero attached hydrogens (tertiary/aromatic N) is 4. The number of aromatic nitrogens is 4. The van der Waals surface area contributed by atoms with E-state index in [2.05, 4.69) is 148 Å². The van der Waals surface area contributed by atoms with Gasteiger partial charge in [0.05, 0.1) is 22.4 Å². The van der Waals surface area contributed by atoms with Crippen LogP contribution in [0.15, 0.2) is 120 Å². The van der Waals surface area contributed by atoms with E-state index in [1.54, 1.807) is 4.40 Å². The van der Waals surface area contributed by atoms with Gasteiger partial charge in [0, 0.05) is 37.7 Å². The molecule has 0 saturated heterocycles. The Kier molecular flexibility index (Phi) is 12.3. The maximum absolute atomic E-state index is 6.11. The van der Waals surface area contributed by atoms with Gasteiger partial charge in [0.15, 0.2) is 0 Å². The van der Waals surface area contributed by atoms with Crippen LogP contribution in [0.1, 0.15) is 51.4 Å². The van der Waals surface area contributed by atoms with Gasteiger partial charge in [-0.25, -0.2) is 4.98 Å². The molecule has 0 N–H and O–H groups in total. The third-order valence-corrected chi connectivity index (χ3v) is 13.9. The minimum atomic E-state index is -1.86. The second-order valence-electron chi connectivity index (χ2n) is 17.0. The van der Waals surface area contributed by atoms with Gasteiger partial charge in [0.2, 0.25) is 5.71 Å². The third kappa shape index (κ3) is 9.55. The predicted octanol–water partition coefficient (Wildman–Crippen LogP) is 11.7. The summed E-state index contributed by atoms with van der Waals surface area (Å²) in [6.45, 7) is 12.0. The zero-order valence-electron chi connectivity index (χ0n) is 33.2. The van der Waals surface area contributed by atoms with Crippen LogP contribution in [0.4, 0.5) is 0 Å². The molecule has 0 fully saturated rings. The summed E-state index contributed by atoms with van der Waals surface area (Å²) < 4.78 is 9.92. The maximum atomic E-state index is 6.11. The van der Waals surface area contributed by atoms with Gasteiger partial charge in [0.25, 0.3) is 0 Å². The largest absolute Gasteiger partial charge is 0 e. The fourth-order valence-electron chi connectivity index (χ4n) is 7.10. The topological polar surface area (TPSA) is 56.7 Å². The Balaban J connectivity index is 0.000000211. The Bertz CT molecular complexity index is 2530. The number of fused-ring (bicyclic) bond motifs is 4. The SMILES string of the molecule is CC(C)(C)Cc1ccc2c(n1)oc1c[c-]c(-c3nc4ccccc4n3Cc3ccccc3)cc12.CC(C)Cc1cc(-c2[c-]cccc2)nc[c]1[Ge]([CH3])([CH3])[CH3].[Ir]. The molecule has 4 heterocycles. The van der Waals surface area contributed by atoms with Gasteiger partial charge < -0.3 is 8.98 Å². The number of benzene rings is 4. The first kappa shape index (κ1) is 40.3. The fourth-order valence-corrected chi connectivity index (χ4v) is 10.4. The normalized spacial score (nSPS) is 11.9. The molecule has 0 aliphatic rings. The Hall–Kier alpha value is -4.36. The molecule has 4 aromatic heterocycles. The molecule has 8 aromatic rings. The van der Waals surface area contributed by atoms with E-state index in [0.717, 1.165) is 75.1 Å². The number of rotatable bonds is 8. The number of para-hydroxylation sites is 2. The van der Waals surface area contributed by atoms with E-state index in [1.165, 1.54) is 11.1 Å². The average Bonchev–Trinajstić information content (AvgIpc) is 3.68. The first-order chi connectivity index (χ1) is 25.8. The fraction of sp³-hybridized carbons (Fsp3) is 0.271. The first-order valence-electron chi connectivity index (χ1n) is 19.0. The average molecular weight is 964 g/mol. The van der Waals surface area contributed by atoms with E-state index in [4.69, 9.17) is 19.4 Å². The van der Waals surface area contributed by atoms with Crippen molar-refractivity contribution < 1.29 is 24.5 Å². The van der Waals surface area contributed by atoms with Gasteiger partial charge in [-0.05, 0) is 41.7 Å². The van der Waals surface area contributed by atoms with Crippen LogP contribution in [0.5, 0.6) is 0 Å². The van der Waals surface area contributed by atoms with Crippen molar-refractivity contribution in [1.29, 1.82) is 0 Å². The second kappa shape index (κ2) is 16.8. The molecule has 0 aliphatic carbocycles. The Morgan fingerprint density at radius 1 is 0.800 bits per heavy atom. The predicted molar refractivity (Wildman–Crippen MR) is 228 cm³/mol. The minimum Gasteiger partial charge on any atom is 0 e. The monoisotopic (exact) mass is 965 g/mol. The van der Waals surface area contributed by atoms with Crippen LogP contribution >= 0.6 is 0 Å². The maximum Gasteiger partial charge on any atom is 0 e. The minimum absolute atomic E-state index is 0. The van der Waals surface area contributed by atoms with Crippen LogP contribution in [-0.2, 0) is 39.5 Å².